The molecule has 0 saturated carbocycles. The molecule has 2 aromatic rings. The van der Waals surface area contributed by atoms with Crippen molar-refractivity contribution in [2.24, 2.45) is 0 Å². The molecule has 0 aliphatic carbocycles. The highest BCUT2D eigenvalue weighted by molar-refractivity contribution is 5.47. The number of alkyl halides is 3. The van der Waals surface area contributed by atoms with Gasteiger partial charge in [-0.2, -0.15) is 18.2 Å². The van der Waals surface area contributed by atoms with Gasteiger partial charge in [0.15, 0.2) is 5.82 Å². The average Bonchev–Trinajstić information content (AvgIpc) is 2.90. The number of hydrogen-bond acceptors (Lipinski definition) is 7. The molecule has 2 aromatic heterocycles. The van der Waals surface area contributed by atoms with Crippen LogP contribution in [-0.4, -0.2) is 33.7 Å². The molecule has 10 heteroatoms. The fourth-order valence-corrected chi connectivity index (χ4v) is 1.40. The number of nitrogens with zero attached hydrogens (tertiary/aromatic N) is 4. The molecule has 2 heterocycles. The summed E-state index contributed by atoms with van der Waals surface area (Å²) in [6, 6.07) is 1.38. The van der Waals surface area contributed by atoms with Gasteiger partial charge in [-0.25, -0.2) is 9.97 Å². The Morgan fingerprint density at radius 3 is 2.60 bits per heavy atom. The van der Waals surface area contributed by atoms with E-state index >= 15 is 0 Å². The lowest BCUT2D eigenvalue weighted by Crippen LogP contribution is -2.15. The van der Waals surface area contributed by atoms with Crippen molar-refractivity contribution in [1.29, 1.82) is 0 Å². The van der Waals surface area contributed by atoms with Crippen LogP contribution in [0.2, 0.25) is 0 Å². The van der Waals surface area contributed by atoms with Crippen LogP contribution < -0.4 is 10.6 Å². The van der Waals surface area contributed by atoms with Crippen LogP contribution in [-0.2, 0) is 12.6 Å². The number of hydrogen-bond donors (Lipinski definition) is 2. The minimum atomic E-state index is -4.60. The zero-order valence-corrected chi connectivity index (χ0v) is 10.4. The molecule has 0 spiro atoms. The Morgan fingerprint density at radius 1 is 1.25 bits per heavy atom. The first-order chi connectivity index (χ1) is 9.49. The molecule has 108 valence electrons. The Bertz CT molecular complexity index is 557. The molecule has 0 aromatic carbocycles. The van der Waals surface area contributed by atoms with Gasteiger partial charge in [0, 0.05) is 26.1 Å². The summed E-state index contributed by atoms with van der Waals surface area (Å²) in [5.41, 5.74) is 0. The topological polar surface area (TPSA) is 88.8 Å². The number of anilines is 2. The molecule has 0 fully saturated rings. The maximum atomic E-state index is 12.6. The predicted molar refractivity (Wildman–Crippen MR) is 63.1 cm³/mol. The number of rotatable bonds is 5. The van der Waals surface area contributed by atoms with Gasteiger partial charge in [0.2, 0.25) is 12.2 Å². The summed E-state index contributed by atoms with van der Waals surface area (Å²) < 4.78 is 42.4. The summed E-state index contributed by atoms with van der Waals surface area (Å²) in [7, 11) is 1.48. The van der Waals surface area contributed by atoms with Gasteiger partial charge in [0.05, 0.1) is 0 Å². The van der Waals surface area contributed by atoms with E-state index < -0.39 is 12.0 Å². The highest BCUT2D eigenvalue weighted by Crippen LogP contribution is 2.28. The molecule has 0 atom stereocenters. The van der Waals surface area contributed by atoms with E-state index in [2.05, 4.69) is 35.3 Å². The molecule has 0 saturated heterocycles. The van der Waals surface area contributed by atoms with E-state index in [1.165, 1.54) is 19.5 Å². The van der Waals surface area contributed by atoms with Gasteiger partial charge in [0.25, 0.3) is 0 Å². The van der Waals surface area contributed by atoms with E-state index in [9.17, 15) is 13.2 Å². The molecular formula is C10H11F3N6O. The van der Waals surface area contributed by atoms with E-state index in [1.807, 2.05) is 0 Å². The third-order valence-electron chi connectivity index (χ3n) is 2.30. The van der Waals surface area contributed by atoms with Crippen LogP contribution in [0.15, 0.2) is 17.0 Å². The van der Waals surface area contributed by atoms with E-state index in [0.29, 0.717) is 18.8 Å². The first kappa shape index (κ1) is 14.0. The van der Waals surface area contributed by atoms with Crippen molar-refractivity contribution in [3.63, 3.8) is 0 Å². The number of nitrogens with one attached hydrogen (secondary N) is 2. The van der Waals surface area contributed by atoms with Gasteiger partial charge < -0.3 is 15.2 Å². The number of aromatic nitrogens is 4. The van der Waals surface area contributed by atoms with E-state index in [0.717, 1.165) is 0 Å². The lowest BCUT2D eigenvalue weighted by Gasteiger charge is -2.10. The average molecular weight is 288 g/mol. The molecule has 20 heavy (non-hydrogen) atoms. The minimum Gasteiger partial charge on any atom is -0.373 e. The Hall–Kier alpha value is -2.39. The van der Waals surface area contributed by atoms with Crippen LogP contribution in [0.5, 0.6) is 0 Å². The van der Waals surface area contributed by atoms with Crippen molar-refractivity contribution in [2.75, 3.05) is 24.2 Å². The molecule has 2 rings (SSSR count). The van der Waals surface area contributed by atoms with Crippen molar-refractivity contribution in [2.45, 2.75) is 12.6 Å². The van der Waals surface area contributed by atoms with Crippen LogP contribution in [0, 0.1) is 0 Å². The molecule has 2 N–H and O–H groups in total. The van der Waals surface area contributed by atoms with Crippen molar-refractivity contribution in [3.8, 4) is 0 Å². The van der Waals surface area contributed by atoms with Gasteiger partial charge in [0.1, 0.15) is 11.6 Å². The van der Waals surface area contributed by atoms with E-state index in [4.69, 9.17) is 0 Å². The maximum absolute atomic E-state index is 12.6. The molecule has 0 amide bonds. The van der Waals surface area contributed by atoms with Gasteiger partial charge in [-0.3, -0.25) is 0 Å². The summed E-state index contributed by atoms with van der Waals surface area (Å²) in [5, 5.41) is 8.90. The van der Waals surface area contributed by atoms with Crippen molar-refractivity contribution < 1.29 is 17.7 Å². The largest absolute Gasteiger partial charge is 0.451 e. The predicted octanol–water partition coefficient (Wildman–Crippen LogP) is 1.57. The minimum absolute atomic E-state index is 0.0696. The highest BCUT2D eigenvalue weighted by Gasteiger charge is 2.35. The molecule has 0 radical (unpaired) electrons. The lowest BCUT2D eigenvalue weighted by atomic mass is 10.4. The van der Waals surface area contributed by atoms with Crippen molar-refractivity contribution >= 4 is 11.6 Å². The summed E-state index contributed by atoms with van der Waals surface area (Å²) >= 11 is 0. The Morgan fingerprint density at radius 2 is 2.00 bits per heavy atom. The standard InChI is InChI=1S/C10H11F3N6O/c1-14-7-4-8(18-9(17-7)10(11,12)13)15-3-2-6-16-5-20-19-6/h4-5H,2-3H2,1H3,(H2,14,15,17,18). The first-order valence-corrected chi connectivity index (χ1v) is 5.62. The third kappa shape index (κ3) is 3.56. The Kier molecular flexibility index (Phi) is 4.01. The van der Waals surface area contributed by atoms with Crippen LogP contribution in [0.4, 0.5) is 24.8 Å². The first-order valence-electron chi connectivity index (χ1n) is 5.62. The second kappa shape index (κ2) is 5.72. The van der Waals surface area contributed by atoms with Crippen LogP contribution in [0.1, 0.15) is 11.6 Å². The Balaban J connectivity index is 2.06. The van der Waals surface area contributed by atoms with E-state index in [-0.39, 0.29) is 11.6 Å². The summed E-state index contributed by atoms with van der Waals surface area (Å²) in [5.74, 6) is -0.600. The second-order valence-corrected chi connectivity index (χ2v) is 3.73. The van der Waals surface area contributed by atoms with Crippen molar-refractivity contribution in [3.05, 3.63) is 24.1 Å². The van der Waals surface area contributed by atoms with Crippen molar-refractivity contribution in [1.82, 2.24) is 20.1 Å². The van der Waals surface area contributed by atoms with Gasteiger partial charge in [-0.15, -0.1) is 0 Å². The molecule has 0 aliphatic rings. The van der Waals surface area contributed by atoms with E-state index in [1.54, 1.807) is 0 Å². The summed E-state index contributed by atoms with van der Waals surface area (Å²) in [4.78, 5) is 10.6. The SMILES string of the molecule is CNc1cc(NCCc2ncon2)nc(C(F)(F)F)n1. The summed E-state index contributed by atoms with van der Waals surface area (Å²) in [6.07, 6.45) is -3.02. The normalized spacial score (nSPS) is 11.4. The monoisotopic (exact) mass is 288 g/mol. The van der Waals surface area contributed by atoms with Gasteiger partial charge >= 0.3 is 6.18 Å². The third-order valence-corrected chi connectivity index (χ3v) is 2.30. The van der Waals surface area contributed by atoms with Gasteiger partial charge in [-0.05, 0) is 0 Å². The fraction of sp³-hybridized carbons (Fsp3) is 0.400. The molecule has 0 unspecified atom stereocenters. The van der Waals surface area contributed by atoms with Crippen LogP contribution in [0.3, 0.4) is 0 Å². The van der Waals surface area contributed by atoms with Gasteiger partial charge in [-0.1, -0.05) is 5.16 Å². The molecular weight excluding hydrogens is 277 g/mol. The van der Waals surface area contributed by atoms with Crippen LogP contribution in [0.25, 0.3) is 0 Å². The molecule has 0 aliphatic heterocycles. The second-order valence-electron chi connectivity index (χ2n) is 3.73. The highest BCUT2D eigenvalue weighted by atomic mass is 19.4. The lowest BCUT2D eigenvalue weighted by molar-refractivity contribution is -0.144. The summed E-state index contributed by atoms with van der Waals surface area (Å²) in [6.45, 7) is 0.316. The number of halogens is 3. The zero-order valence-electron chi connectivity index (χ0n) is 10.4. The Labute approximate surface area is 111 Å². The maximum Gasteiger partial charge on any atom is 0.451 e. The molecule has 0 bridgehead atoms. The quantitative estimate of drug-likeness (QED) is 0.863. The fourth-order valence-electron chi connectivity index (χ4n) is 1.40. The molecule has 7 nitrogen and oxygen atoms in total. The zero-order chi connectivity index (χ0) is 14.6. The smallest absolute Gasteiger partial charge is 0.373 e. The van der Waals surface area contributed by atoms with Crippen LogP contribution >= 0.6 is 0 Å².